The van der Waals surface area contributed by atoms with Gasteiger partial charge in [0.05, 0.1) is 23.7 Å². The van der Waals surface area contributed by atoms with Gasteiger partial charge in [-0.15, -0.1) is 0 Å². The average molecular weight is 347 g/mol. The van der Waals surface area contributed by atoms with E-state index in [0.29, 0.717) is 13.2 Å². The molecular weight excluding hydrogens is 322 g/mol. The molecular formula is C17H25N5O3. The van der Waals surface area contributed by atoms with Gasteiger partial charge in [-0.2, -0.15) is 0 Å². The summed E-state index contributed by atoms with van der Waals surface area (Å²) in [5, 5.41) is 0.989. The van der Waals surface area contributed by atoms with Crippen molar-refractivity contribution in [3.05, 3.63) is 18.6 Å². The highest BCUT2D eigenvalue weighted by Gasteiger charge is 2.35. The Balaban J connectivity index is 1.71. The topological polar surface area (TPSA) is 83.6 Å². The highest BCUT2D eigenvalue weighted by Crippen LogP contribution is 2.29. The summed E-state index contributed by atoms with van der Waals surface area (Å²) in [6.45, 7) is 5.89. The van der Waals surface area contributed by atoms with Gasteiger partial charge in [0.15, 0.2) is 0 Å². The highest BCUT2D eigenvalue weighted by atomic mass is 16.5. The number of amides is 1. The lowest BCUT2D eigenvalue weighted by molar-refractivity contribution is -0.139. The van der Waals surface area contributed by atoms with E-state index in [1.807, 2.05) is 26.1 Å². The highest BCUT2D eigenvalue weighted by molar-refractivity contribution is 5.87. The molecule has 1 amide bonds. The molecule has 0 bridgehead atoms. The van der Waals surface area contributed by atoms with Crippen LogP contribution in [0.25, 0.3) is 11.0 Å². The molecule has 1 atom stereocenters. The van der Waals surface area contributed by atoms with Crippen LogP contribution in [0, 0.1) is 0 Å². The summed E-state index contributed by atoms with van der Waals surface area (Å²) in [6, 6.07) is 1.98. The van der Waals surface area contributed by atoms with E-state index in [1.54, 1.807) is 20.4 Å². The minimum absolute atomic E-state index is 0.0584. The van der Waals surface area contributed by atoms with Gasteiger partial charge in [-0.05, 0) is 19.9 Å². The number of hydrogen-bond acceptors (Lipinski definition) is 6. The molecule has 3 rings (SSSR count). The lowest BCUT2D eigenvalue weighted by atomic mass is 10.0. The van der Waals surface area contributed by atoms with Crippen molar-refractivity contribution in [2.75, 3.05) is 45.3 Å². The lowest BCUT2D eigenvalue weighted by Gasteiger charge is -2.43. The Kier molecular flexibility index (Phi) is 4.91. The number of nitrogens with zero attached hydrogens (tertiary/aromatic N) is 4. The third kappa shape index (κ3) is 4.08. The standard InChI is InChI=1S/C17H25N5O3/c1-17(2)10-22(16-13-5-6-18-15(13)19-11-20-16)7-12(25-17)8-24-9-14(23)21(3)4/h5-6,11-12H,7-10H2,1-4H3,(H,18,19,20)/t12-/m1/s1. The molecule has 25 heavy (non-hydrogen) atoms. The van der Waals surface area contributed by atoms with Crippen LogP contribution in [0.1, 0.15) is 13.8 Å². The molecule has 0 spiro atoms. The van der Waals surface area contributed by atoms with Crippen LogP contribution in [-0.4, -0.2) is 77.9 Å². The number of morpholine rings is 1. The molecule has 0 unspecified atom stereocenters. The molecule has 1 N–H and O–H groups in total. The third-order valence-electron chi connectivity index (χ3n) is 4.14. The van der Waals surface area contributed by atoms with Crippen molar-refractivity contribution in [3.63, 3.8) is 0 Å². The van der Waals surface area contributed by atoms with Gasteiger partial charge in [0.2, 0.25) is 5.91 Å². The number of H-pyrrole nitrogens is 1. The minimum Gasteiger partial charge on any atom is -0.369 e. The number of ether oxygens (including phenoxy) is 2. The predicted octanol–water partition coefficient (Wildman–Crippen LogP) is 1.05. The normalized spacial score (nSPS) is 20.0. The zero-order valence-corrected chi connectivity index (χ0v) is 15.2. The monoisotopic (exact) mass is 347 g/mol. The summed E-state index contributed by atoms with van der Waals surface area (Å²) in [5.41, 5.74) is 0.476. The molecule has 2 aromatic rings. The van der Waals surface area contributed by atoms with Crippen LogP contribution in [0.5, 0.6) is 0 Å². The van der Waals surface area contributed by atoms with Gasteiger partial charge in [-0.3, -0.25) is 4.79 Å². The Hall–Kier alpha value is -2.19. The second-order valence-electron chi connectivity index (χ2n) is 7.12. The Morgan fingerprint density at radius 1 is 1.48 bits per heavy atom. The second kappa shape index (κ2) is 6.97. The zero-order chi connectivity index (χ0) is 18.0. The van der Waals surface area contributed by atoms with Gasteiger partial charge in [-0.1, -0.05) is 0 Å². The van der Waals surface area contributed by atoms with Crippen molar-refractivity contribution in [1.82, 2.24) is 19.9 Å². The molecule has 0 aromatic carbocycles. The smallest absolute Gasteiger partial charge is 0.248 e. The van der Waals surface area contributed by atoms with Gasteiger partial charge >= 0.3 is 0 Å². The average Bonchev–Trinajstić information content (AvgIpc) is 3.01. The van der Waals surface area contributed by atoms with Crippen LogP contribution in [0.15, 0.2) is 18.6 Å². The van der Waals surface area contributed by atoms with Gasteiger partial charge < -0.3 is 24.3 Å². The Morgan fingerprint density at radius 2 is 2.28 bits per heavy atom. The first-order valence-corrected chi connectivity index (χ1v) is 8.34. The number of carbonyl (C=O) groups excluding carboxylic acids is 1. The molecule has 1 aliphatic rings. The molecule has 0 radical (unpaired) electrons. The quantitative estimate of drug-likeness (QED) is 0.870. The van der Waals surface area contributed by atoms with Crippen LogP contribution < -0.4 is 4.90 Å². The van der Waals surface area contributed by atoms with Crippen LogP contribution in [0.3, 0.4) is 0 Å². The first-order chi connectivity index (χ1) is 11.9. The molecule has 136 valence electrons. The van der Waals surface area contributed by atoms with Crippen molar-refractivity contribution >= 4 is 22.8 Å². The summed E-state index contributed by atoms with van der Waals surface area (Å²) in [7, 11) is 3.43. The summed E-state index contributed by atoms with van der Waals surface area (Å²) < 4.78 is 11.7. The SMILES string of the molecule is CN(C)C(=O)COC[C@H]1CN(c2ncnc3[nH]ccc23)CC(C)(C)O1. The van der Waals surface area contributed by atoms with Crippen molar-refractivity contribution in [1.29, 1.82) is 0 Å². The van der Waals surface area contributed by atoms with E-state index in [1.165, 1.54) is 4.90 Å². The summed E-state index contributed by atoms with van der Waals surface area (Å²) in [5.74, 6) is 0.828. The lowest BCUT2D eigenvalue weighted by Crippen LogP contribution is -2.54. The van der Waals surface area contributed by atoms with Crippen molar-refractivity contribution in [2.45, 2.75) is 25.6 Å². The Labute approximate surface area is 147 Å². The van der Waals surface area contributed by atoms with Crippen molar-refractivity contribution in [3.8, 4) is 0 Å². The van der Waals surface area contributed by atoms with E-state index in [2.05, 4.69) is 19.9 Å². The Bertz CT molecular complexity index is 743. The van der Waals surface area contributed by atoms with E-state index in [-0.39, 0.29) is 24.2 Å². The number of aromatic amines is 1. The fourth-order valence-electron chi connectivity index (χ4n) is 3.06. The molecule has 1 aliphatic heterocycles. The fraction of sp³-hybridized carbons (Fsp3) is 0.588. The number of aromatic nitrogens is 3. The molecule has 1 saturated heterocycles. The van der Waals surface area contributed by atoms with Crippen LogP contribution in [-0.2, 0) is 14.3 Å². The van der Waals surface area contributed by atoms with Gasteiger partial charge in [-0.25, -0.2) is 9.97 Å². The minimum atomic E-state index is -0.342. The van der Waals surface area contributed by atoms with Crippen molar-refractivity contribution in [2.24, 2.45) is 0 Å². The maximum Gasteiger partial charge on any atom is 0.248 e. The number of rotatable bonds is 5. The number of hydrogen-bond donors (Lipinski definition) is 1. The Morgan fingerprint density at radius 3 is 3.04 bits per heavy atom. The maximum absolute atomic E-state index is 11.6. The fourth-order valence-corrected chi connectivity index (χ4v) is 3.06. The van der Waals surface area contributed by atoms with E-state index < -0.39 is 0 Å². The van der Waals surface area contributed by atoms with Crippen LogP contribution >= 0.6 is 0 Å². The van der Waals surface area contributed by atoms with E-state index in [0.717, 1.165) is 23.4 Å². The molecule has 0 aliphatic carbocycles. The van der Waals surface area contributed by atoms with Gasteiger partial charge in [0.1, 0.15) is 24.4 Å². The number of nitrogens with one attached hydrogen (secondary N) is 1. The maximum atomic E-state index is 11.6. The molecule has 3 heterocycles. The number of fused-ring (bicyclic) bond motifs is 1. The van der Waals surface area contributed by atoms with Gasteiger partial charge in [0, 0.05) is 33.4 Å². The first kappa shape index (κ1) is 17.6. The molecule has 1 fully saturated rings. The molecule has 8 heteroatoms. The molecule has 8 nitrogen and oxygen atoms in total. The van der Waals surface area contributed by atoms with Crippen molar-refractivity contribution < 1.29 is 14.3 Å². The molecule has 2 aromatic heterocycles. The van der Waals surface area contributed by atoms with E-state index in [4.69, 9.17) is 9.47 Å². The zero-order valence-electron chi connectivity index (χ0n) is 15.2. The number of carbonyl (C=O) groups is 1. The first-order valence-electron chi connectivity index (χ1n) is 8.34. The van der Waals surface area contributed by atoms with E-state index in [9.17, 15) is 4.79 Å². The summed E-state index contributed by atoms with van der Waals surface area (Å²) in [6.07, 6.45) is 3.29. The number of likely N-dealkylation sites (N-methyl/N-ethyl adjacent to an activating group) is 1. The second-order valence-corrected chi connectivity index (χ2v) is 7.12. The van der Waals surface area contributed by atoms with Crippen LogP contribution in [0.2, 0.25) is 0 Å². The van der Waals surface area contributed by atoms with E-state index >= 15 is 0 Å². The predicted molar refractivity (Wildman–Crippen MR) is 94.6 cm³/mol. The third-order valence-corrected chi connectivity index (χ3v) is 4.14. The number of anilines is 1. The van der Waals surface area contributed by atoms with Gasteiger partial charge in [0.25, 0.3) is 0 Å². The largest absolute Gasteiger partial charge is 0.369 e. The van der Waals surface area contributed by atoms with Crippen LogP contribution in [0.4, 0.5) is 5.82 Å². The summed E-state index contributed by atoms with van der Waals surface area (Å²) >= 11 is 0. The molecule has 0 saturated carbocycles. The summed E-state index contributed by atoms with van der Waals surface area (Å²) in [4.78, 5) is 27.2.